The van der Waals surface area contributed by atoms with Gasteiger partial charge in [-0.2, -0.15) is 5.11 Å². The van der Waals surface area contributed by atoms with Crippen LogP contribution in [0.4, 0.5) is 17.1 Å². The Labute approximate surface area is 242 Å². The summed E-state index contributed by atoms with van der Waals surface area (Å²) in [4.78, 5) is 18.1. The molecule has 12 heteroatoms. The minimum Gasteiger partial charge on any atom is -0.492 e. The maximum Gasteiger partial charge on any atom is 0.255 e. The van der Waals surface area contributed by atoms with Crippen molar-refractivity contribution >= 4 is 33.0 Å². The van der Waals surface area contributed by atoms with Gasteiger partial charge in [-0.15, -0.1) is 0 Å². The molecule has 220 valence electrons. The number of imidazole rings is 1. The number of hydrogen-bond acceptors (Lipinski definition) is 8. The Hall–Kier alpha value is -3.93. The monoisotopic (exact) mass is 581 g/mol. The van der Waals surface area contributed by atoms with Gasteiger partial charge in [-0.1, -0.05) is 39.0 Å². The molecule has 0 spiro atoms. The number of ether oxygens (including phenoxy) is 1. The zero-order valence-electron chi connectivity index (χ0n) is 24.9. The highest BCUT2D eigenvalue weighted by molar-refractivity contribution is 7.92. The fraction of sp³-hybridized carbons (Fsp3) is 0.448. The maximum absolute atomic E-state index is 13.5. The van der Waals surface area contributed by atoms with E-state index in [4.69, 9.17) is 4.74 Å². The number of carbonyl (C=O) groups excluding carboxylic acids is 1. The number of nitrogens with zero attached hydrogens (tertiary/aromatic N) is 5. The van der Waals surface area contributed by atoms with Gasteiger partial charge in [0.05, 0.1) is 48.9 Å². The summed E-state index contributed by atoms with van der Waals surface area (Å²) in [6.07, 6.45) is 3.78. The van der Waals surface area contributed by atoms with Crippen molar-refractivity contribution < 1.29 is 17.9 Å². The third-order valence-electron chi connectivity index (χ3n) is 7.04. The van der Waals surface area contributed by atoms with E-state index in [1.54, 1.807) is 24.3 Å². The van der Waals surface area contributed by atoms with Crippen molar-refractivity contribution in [2.45, 2.75) is 66.0 Å². The van der Waals surface area contributed by atoms with E-state index in [0.717, 1.165) is 47.6 Å². The Kier molecular flexibility index (Phi) is 8.44. The number of hydrogen-bond donors (Lipinski definition) is 2. The van der Waals surface area contributed by atoms with E-state index in [1.807, 2.05) is 45.0 Å². The average molecular weight is 582 g/mol. The van der Waals surface area contributed by atoms with E-state index in [-0.39, 0.29) is 28.8 Å². The number of aromatic nitrogens is 2. The molecule has 1 unspecified atom stereocenters. The Bertz CT molecular complexity index is 1590. The Morgan fingerprint density at radius 3 is 2.46 bits per heavy atom. The van der Waals surface area contributed by atoms with Crippen LogP contribution in [0.15, 0.2) is 46.9 Å². The molecule has 4 rings (SSSR count). The second-order valence-electron chi connectivity index (χ2n) is 11.2. The van der Waals surface area contributed by atoms with Crippen LogP contribution in [0.25, 0.3) is 0 Å². The zero-order valence-corrected chi connectivity index (χ0v) is 25.8. The number of anilines is 3. The summed E-state index contributed by atoms with van der Waals surface area (Å²) in [5.74, 6) is 0.872. The SMILES string of the molecule is CCc1ncc(C2CN(c3cc(C(=O)Nc4cc(C(C)(C)C)cc(NS(C)(=O)=O)c4OC)ccc3C)N=N2)n1CC. The van der Waals surface area contributed by atoms with Crippen molar-refractivity contribution in [3.8, 4) is 5.75 Å². The first kappa shape index (κ1) is 30.0. The highest BCUT2D eigenvalue weighted by Gasteiger charge is 2.28. The number of carbonyl (C=O) groups is 1. The number of rotatable bonds is 9. The van der Waals surface area contributed by atoms with Crippen molar-refractivity contribution in [3.63, 3.8) is 0 Å². The third kappa shape index (κ3) is 6.53. The van der Waals surface area contributed by atoms with Crippen LogP contribution in [0.2, 0.25) is 0 Å². The van der Waals surface area contributed by atoms with E-state index in [0.29, 0.717) is 17.8 Å². The summed E-state index contributed by atoms with van der Waals surface area (Å²) in [5.41, 5.74) is 4.28. The molecule has 0 bridgehead atoms. The molecule has 0 saturated heterocycles. The molecule has 2 N–H and O–H groups in total. The average Bonchev–Trinajstić information content (AvgIpc) is 3.54. The van der Waals surface area contributed by atoms with Gasteiger partial charge in [-0.25, -0.2) is 18.4 Å². The van der Waals surface area contributed by atoms with Gasteiger partial charge in [-0.3, -0.25) is 9.52 Å². The molecule has 1 aliphatic heterocycles. The second-order valence-corrected chi connectivity index (χ2v) is 12.9. The number of sulfonamides is 1. The third-order valence-corrected chi connectivity index (χ3v) is 7.63. The standard InChI is InChI=1S/C29H39N7O4S/c1-9-26-30-16-25(35(26)10-2)23-17-36(34-32-23)24-13-19(12-11-18(24)3)28(37)31-21-14-20(29(4,5)6)15-22(27(21)40-7)33-41(8,38)39/h11-16,23,33H,9-10,17H2,1-8H3,(H,31,37). The van der Waals surface area contributed by atoms with E-state index >= 15 is 0 Å². The molecule has 3 aromatic rings. The second kappa shape index (κ2) is 11.5. The molecule has 41 heavy (non-hydrogen) atoms. The number of methoxy groups -OCH3 is 1. The van der Waals surface area contributed by atoms with Crippen molar-refractivity contribution in [1.29, 1.82) is 0 Å². The molecule has 1 aliphatic rings. The normalized spacial score (nSPS) is 15.3. The molecular weight excluding hydrogens is 542 g/mol. The molecule has 1 amide bonds. The summed E-state index contributed by atoms with van der Waals surface area (Å²) in [6, 6.07) is 8.77. The fourth-order valence-electron chi connectivity index (χ4n) is 4.88. The van der Waals surface area contributed by atoms with E-state index in [9.17, 15) is 13.2 Å². The van der Waals surface area contributed by atoms with Crippen LogP contribution in [0, 0.1) is 6.92 Å². The first-order valence-corrected chi connectivity index (χ1v) is 15.5. The Balaban J connectivity index is 1.63. The van der Waals surface area contributed by atoms with Crippen molar-refractivity contribution in [3.05, 3.63) is 64.7 Å². The van der Waals surface area contributed by atoms with Gasteiger partial charge < -0.3 is 14.6 Å². The van der Waals surface area contributed by atoms with Gasteiger partial charge in [0.15, 0.2) is 5.75 Å². The van der Waals surface area contributed by atoms with Crippen LogP contribution in [0.3, 0.4) is 0 Å². The molecule has 0 aliphatic carbocycles. The largest absolute Gasteiger partial charge is 0.492 e. The number of benzene rings is 2. The quantitative estimate of drug-likeness (QED) is 0.337. The summed E-state index contributed by atoms with van der Waals surface area (Å²) in [6.45, 7) is 13.5. The fourth-order valence-corrected chi connectivity index (χ4v) is 5.43. The zero-order chi connectivity index (χ0) is 30.1. The maximum atomic E-state index is 13.5. The van der Waals surface area contributed by atoms with E-state index < -0.39 is 10.0 Å². The number of amides is 1. The Morgan fingerprint density at radius 2 is 1.85 bits per heavy atom. The van der Waals surface area contributed by atoms with Gasteiger partial charge in [0.2, 0.25) is 10.0 Å². The molecule has 0 radical (unpaired) electrons. The summed E-state index contributed by atoms with van der Waals surface area (Å²) in [7, 11) is -2.16. The lowest BCUT2D eigenvalue weighted by atomic mass is 9.86. The lowest BCUT2D eigenvalue weighted by Crippen LogP contribution is -2.20. The van der Waals surface area contributed by atoms with Crippen molar-refractivity contribution in [2.75, 3.05) is 35.0 Å². The smallest absolute Gasteiger partial charge is 0.255 e. The highest BCUT2D eigenvalue weighted by atomic mass is 32.2. The molecule has 2 aromatic carbocycles. The Morgan fingerprint density at radius 1 is 1.15 bits per heavy atom. The van der Waals surface area contributed by atoms with Crippen molar-refractivity contribution in [2.24, 2.45) is 10.3 Å². The lowest BCUT2D eigenvalue weighted by Gasteiger charge is -2.24. The first-order chi connectivity index (χ1) is 19.2. The number of aryl methyl sites for hydroxylation is 2. The highest BCUT2D eigenvalue weighted by Crippen LogP contribution is 2.39. The molecule has 0 saturated carbocycles. The van der Waals surface area contributed by atoms with Crippen molar-refractivity contribution in [1.82, 2.24) is 9.55 Å². The molecule has 0 fully saturated rings. The van der Waals surface area contributed by atoms with Gasteiger partial charge in [-0.05, 0) is 54.7 Å². The van der Waals surface area contributed by atoms with Crippen LogP contribution in [0.1, 0.15) is 73.7 Å². The van der Waals surface area contributed by atoms with Gasteiger partial charge in [0.25, 0.3) is 5.91 Å². The van der Waals surface area contributed by atoms with Gasteiger partial charge in [0.1, 0.15) is 11.9 Å². The van der Waals surface area contributed by atoms with Gasteiger partial charge in [0, 0.05) is 18.5 Å². The lowest BCUT2D eigenvalue weighted by molar-refractivity contribution is 0.102. The molecule has 1 atom stereocenters. The van der Waals surface area contributed by atoms with Crippen LogP contribution in [0.5, 0.6) is 5.75 Å². The van der Waals surface area contributed by atoms with Gasteiger partial charge >= 0.3 is 0 Å². The van der Waals surface area contributed by atoms with Crippen LogP contribution < -0.4 is 19.8 Å². The van der Waals surface area contributed by atoms with E-state index in [1.165, 1.54) is 7.11 Å². The summed E-state index contributed by atoms with van der Waals surface area (Å²) in [5, 5.41) is 13.7. The predicted molar refractivity (Wildman–Crippen MR) is 162 cm³/mol. The minimum atomic E-state index is -3.59. The molecule has 2 heterocycles. The van der Waals surface area contributed by atoms with Crippen LogP contribution in [-0.2, 0) is 28.4 Å². The molecule has 1 aromatic heterocycles. The number of nitrogens with one attached hydrogen (secondary N) is 2. The first-order valence-electron chi connectivity index (χ1n) is 13.6. The van der Waals surface area contributed by atoms with E-state index in [2.05, 4.69) is 43.8 Å². The topological polar surface area (TPSA) is 130 Å². The minimum absolute atomic E-state index is 0.162. The van der Waals surface area contributed by atoms with Crippen LogP contribution in [-0.4, -0.2) is 43.8 Å². The molecular formula is C29H39N7O4S. The predicted octanol–water partition coefficient (Wildman–Crippen LogP) is 5.63. The molecule has 11 nitrogen and oxygen atoms in total. The summed E-state index contributed by atoms with van der Waals surface area (Å²) >= 11 is 0. The summed E-state index contributed by atoms with van der Waals surface area (Å²) < 4.78 is 34.4. The van der Waals surface area contributed by atoms with Crippen LogP contribution >= 0.6 is 0 Å².